The second-order valence-electron chi connectivity index (χ2n) is 6.44. The Morgan fingerprint density at radius 1 is 1.15 bits per heavy atom. The van der Waals surface area contributed by atoms with E-state index in [1.165, 1.54) is 0 Å². The second-order valence-corrected chi connectivity index (χ2v) is 6.44. The van der Waals surface area contributed by atoms with E-state index in [-0.39, 0.29) is 18.1 Å². The van der Waals surface area contributed by atoms with Gasteiger partial charge in [-0.25, -0.2) is 0 Å². The third-order valence-corrected chi connectivity index (χ3v) is 4.49. The predicted molar refractivity (Wildman–Crippen MR) is 102 cm³/mol. The zero-order chi connectivity index (χ0) is 19.2. The average molecular weight is 366 g/mol. The van der Waals surface area contributed by atoms with Crippen LogP contribution in [0.25, 0.3) is 0 Å². The largest absolute Gasteiger partial charge is 0.508 e. The van der Waals surface area contributed by atoms with E-state index in [0.717, 1.165) is 11.3 Å². The number of carbonyl (C=O) groups is 1. The molecule has 1 unspecified atom stereocenters. The van der Waals surface area contributed by atoms with Crippen LogP contribution in [0.3, 0.4) is 0 Å². The van der Waals surface area contributed by atoms with E-state index >= 15 is 0 Å². The minimum Gasteiger partial charge on any atom is -0.508 e. The maximum atomic E-state index is 11.3. The first-order chi connectivity index (χ1) is 13.0. The van der Waals surface area contributed by atoms with Crippen molar-refractivity contribution in [2.75, 3.05) is 11.9 Å². The molecule has 0 fully saturated rings. The molecule has 0 aliphatic rings. The van der Waals surface area contributed by atoms with Crippen molar-refractivity contribution >= 4 is 17.5 Å². The molecule has 1 heterocycles. The number of aromatic hydroxyl groups is 1. The lowest BCUT2D eigenvalue weighted by atomic mass is 9.96. The van der Waals surface area contributed by atoms with Gasteiger partial charge in [-0.3, -0.25) is 4.79 Å². The molecule has 0 bridgehead atoms. The molecule has 140 valence electrons. The zero-order valence-electron chi connectivity index (χ0n) is 15.1. The summed E-state index contributed by atoms with van der Waals surface area (Å²) in [5, 5.41) is 18.6. The minimum absolute atomic E-state index is 0.0485. The SMILES string of the molecule is CN(c1ccccc1)c1coc(C(CCc2ccc(O)cc2)CC(=O)O)n1. The highest BCUT2D eigenvalue weighted by Crippen LogP contribution is 2.29. The average Bonchev–Trinajstić information content (AvgIpc) is 3.16. The second kappa shape index (κ2) is 8.40. The molecule has 0 aliphatic carbocycles. The number of phenols is 1. The van der Waals surface area contributed by atoms with Crippen LogP contribution in [-0.4, -0.2) is 28.2 Å². The van der Waals surface area contributed by atoms with Crippen LogP contribution in [0.15, 0.2) is 65.3 Å². The molecule has 0 saturated heterocycles. The van der Waals surface area contributed by atoms with Crippen molar-refractivity contribution in [2.45, 2.75) is 25.2 Å². The third kappa shape index (κ3) is 4.88. The third-order valence-electron chi connectivity index (χ3n) is 4.49. The molecule has 0 saturated carbocycles. The fraction of sp³-hybridized carbons (Fsp3) is 0.238. The molecule has 0 aliphatic heterocycles. The van der Waals surface area contributed by atoms with E-state index in [9.17, 15) is 15.0 Å². The van der Waals surface area contributed by atoms with Crippen LogP contribution in [0.2, 0.25) is 0 Å². The Hall–Kier alpha value is -3.28. The summed E-state index contributed by atoms with van der Waals surface area (Å²) in [6.07, 6.45) is 2.77. The van der Waals surface area contributed by atoms with Crippen LogP contribution in [0.4, 0.5) is 11.5 Å². The van der Waals surface area contributed by atoms with Gasteiger partial charge in [0.1, 0.15) is 12.0 Å². The number of nitrogens with zero attached hydrogens (tertiary/aromatic N) is 2. The number of hydrogen-bond acceptors (Lipinski definition) is 5. The number of rotatable bonds is 8. The first kappa shape index (κ1) is 18.5. The Kier molecular flexibility index (Phi) is 5.76. The molecule has 2 aromatic carbocycles. The Balaban J connectivity index is 1.74. The summed E-state index contributed by atoms with van der Waals surface area (Å²) in [6.45, 7) is 0. The standard InChI is InChI=1S/C21H22N2O4/c1-23(17-5-3-2-4-6-17)19-14-27-21(22-19)16(13-20(25)26)10-7-15-8-11-18(24)12-9-15/h2-6,8-9,11-12,14,16,24H,7,10,13H2,1H3,(H,25,26). The van der Waals surface area contributed by atoms with Crippen molar-refractivity contribution in [2.24, 2.45) is 0 Å². The van der Waals surface area contributed by atoms with Gasteiger partial charge in [0, 0.05) is 18.7 Å². The van der Waals surface area contributed by atoms with Crippen molar-refractivity contribution in [3.63, 3.8) is 0 Å². The van der Waals surface area contributed by atoms with E-state index in [4.69, 9.17) is 4.42 Å². The van der Waals surface area contributed by atoms with E-state index in [2.05, 4.69) is 4.98 Å². The van der Waals surface area contributed by atoms with Crippen molar-refractivity contribution in [1.82, 2.24) is 4.98 Å². The maximum Gasteiger partial charge on any atom is 0.304 e. The summed E-state index contributed by atoms with van der Waals surface area (Å²) in [7, 11) is 1.89. The maximum absolute atomic E-state index is 11.3. The van der Waals surface area contributed by atoms with Gasteiger partial charge in [0.2, 0.25) is 0 Å². The van der Waals surface area contributed by atoms with Gasteiger partial charge >= 0.3 is 5.97 Å². The van der Waals surface area contributed by atoms with E-state index in [0.29, 0.717) is 24.6 Å². The normalized spacial score (nSPS) is 11.9. The zero-order valence-corrected chi connectivity index (χ0v) is 15.1. The number of oxazole rings is 1. The Bertz CT molecular complexity index is 875. The number of carboxylic acid groups (broad SMARTS) is 1. The van der Waals surface area contributed by atoms with Crippen LogP contribution in [-0.2, 0) is 11.2 Å². The van der Waals surface area contributed by atoms with Crippen molar-refractivity contribution in [3.8, 4) is 5.75 Å². The summed E-state index contributed by atoms with van der Waals surface area (Å²) < 4.78 is 5.62. The lowest BCUT2D eigenvalue weighted by Gasteiger charge is -2.15. The van der Waals surface area contributed by atoms with Crippen LogP contribution in [0.5, 0.6) is 5.75 Å². The first-order valence-corrected chi connectivity index (χ1v) is 8.77. The predicted octanol–water partition coefficient (Wildman–Crippen LogP) is 4.34. The lowest BCUT2D eigenvalue weighted by Crippen LogP contribution is -2.11. The molecule has 6 heteroatoms. The van der Waals surface area contributed by atoms with Crippen LogP contribution >= 0.6 is 0 Å². The molecule has 3 rings (SSSR count). The summed E-state index contributed by atoms with van der Waals surface area (Å²) in [6, 6.07) is 16.7. The number of para-hydroxylation sites is 1. The van der Waals surface area contributed by atoms with E-state index in [1.807, 2.05) is 54.4 Å². The minimum atomic E-state index is -0.887. The summed E-state index contributed by atoms with van der Waals surface area (Å²) >= 11 is 0. The molecule has 1 atom stereocenters. The Morgan fingerprint density at radius 3 is 2.52 bits per heavy atom. The quantitative estimate of drug-likeness (QED) is 0.617. The molecular weight excluding hydrogens is 344 g/mol. The Labute approximate surface area is 157 Å². The van der Waals surface area contributed by atoms with Gasteiger partial charge in [0.05, 0.1) is 6.42 Å². The van der Waals surface area contributed by atoms with E-state index in [1.54, 1.807) is 18.4 Å². The molecule has 3 aromatic rings. The number of anilines is 2. The highest BCUT2D eigenvalue weighted by molar-refractivity contribution is 5.67. The first-order valence-electron chi connectivity index (χ1n) is 8.77. The van der Waals surface area contributed by atoms with Crippen molar-refractivity contribution in [1.29, 1.82) is 0 Å². The summed E-state index contributed by atoms with van der Waals surface area (Å²) in [5.74, 6) is 0.0587. The fourth-order valence-corrected chi connectivity index (χ4v) is 2.93. The monoisotopic (exact) mass is 366 g/mol. The van der Waals surface area contributed by atoms with Gasteiger partial charge in [-0.1, -0.05) is 30.3 Å². The highest BCUT2D eigenvalue weighted by atomic mass is 16.4. The van der Waals surface area contributed by atoms with Crippen molar-refractivity contribution < 1.29 is 19.4 Å². The van der Waals surface area contributed by atoms with Crippen LogP contribution in [0.1, 0.15) is 30.2 Å². The fourth-order valence-electron chi connectivity index (χ4n) is 2.93. The summed E-state index contributed by atoms with van der Waals surface area (Å²) in [5.41, 5.74) is 1.99. The lowest BCUT2D eigenvalue weighted by molar-refractivity contribution is -0.137. The van der Waals surface area contributed by atoms with Gasteiger partial charge < -0.3 is 19.5 Å². The number of phenolic OH excluding ortho intramolecular Hbond substituents is 1. The molecular formula is C21H22N2O4. The number of carboxylic acids is 1. The molecule has 0 spiro atoms. The molecule has 1 aromatic heterocycles. The summed E-state index contributed by atoms with van der Waals surface area (Å²) in [4.78, 5) is 17.7. The van der Waals surface area contributed by atoms with Gasteiger partial charge in [0.25, 0.3) is 0 Å². The number of aliphatic carboxylic acids is 1. The molecule has 2 N–H and O–H groups in total. The molecule has 6 nitrogen and oxygen atoms in total. The van der Waals surface area contributed by atoms with E-state index < -0.39 is 5.97 Å². The van der Waals surface area contributed by atoms with Gasteiger partial charge in [-0.05, 0) is 42.7 Å². The smallest absolute Gasteiger partial charge is 0.304 e. The van der Waals surface area contributed by atoms with Gasteiger partial charge in [-0.15, -0.1) is 0 Å². The topological polar surface area (TPSA) is 86.8 Å². The van der Waals surface area contributed by atoms with Crippen LogP contribution in [0, 0.1) is 0 Å². The number of aryl methyl sites for hydroxylation is 1. The molecule has 0 radical (unpaired) electrons. The molecule has 27 heavy (non-hydrogen) atoms. The van der Waals surface area contributed by atoms with Crippen LogP contribution < -0.4 is 4.90 Å². The Morgan fingerprint density at radius 2 is 1.85 bits per heavy atom. The number of aromatic nitrogens is 1. The van der Waals surface area contributed by atoms with Crippen molar-refractivity contribution in [3.05, 3.63) is 72.3 Å². The molecule has 0 amide bonds. The van der Waals surface area contributed by atoms with Gasteiger partial charge in [0.15, 0.2) is 11.7 Å². The highest BCUT2D eigenvalue weighted by Gasteiger charge is 2.22. The number of benzene rings is 2. The number of hydrogen-bond donors (Lipinski definition) is 2. The van der Waals surface area contributed by atoms with Gasteiger partial charge in [-0.2, -0.15) is 4.98 Å².